The second kappa shape index (κ2) is 6.36. The zero-order valence-corrected chi connectivity index (χ0v) is 12.2. The van der Waals surface area contributed by atoms with Gasteiger partial charge in [0.25, 0.3) is 0 Å². The van der Waals surface area contributed by atoms with Crippen LogP contribution in [-0.4, -0.2) is 43.3 Å². The summed E-state index contributed by atoms with van der Waals surface area (Å²) in [5.74, 6) is 0.946. The Balaban J connectivity index is 1.92. The van der Waals surface area contributed by atoms with Gasteiger partial charge in [0.2, 0.25) is 0 Å². The van der Waals surface area contributed by atoms with Crippen LogP contribution >= 0.6 is 0 Å². The van der Waals surface area contributed by atoms with Crippen molar-refractivity contribution >= 4 is 0 Å². The fourth-order valence-corrected chi connectivity index (χ4v) is 3.84. The van der Waals surface area contributed by atoms with E-state index < -0.39 is 0 Å². The molecule has 0 amide bonds. The van der Waals surface area contributed by atoms with Gasteiger partial charge in [0.05, 0.1) is 6.10 Å². The Hall–Kier alpha value is -0.120. The molecule has 1 aliphatic carbocycles. The number of likely N-dealkylation sites (tertiary alicyclic amines) is 1. The van der Waals surface area contributed by atoms with Crippen molar-refractivity contribution < 1.29 is 4.74 Å². The number of nitrogens with zero attached hydrogens (tertiary/aromatic N) is 1. The summed E-state index contributed by atoms with van der Waals surface area (Å²) in [7, 11) is 1.84. The predicted molar refractivity (Wildman–Crippen MR) is 75.6 cm³/mol. The number of piperidine rings is 1. The lowest BCUT2D eigenvalue weighted by Gasteiger charge is -2.50. The molecule has 2 N–H and O–H groups in total. The highest BCUT2D eigenvalue weighted by molar-refractivity contribution is 4.97. The molecule has 2 aliphatic rings. The Morgan fingerprint density at radius 3 is 2.22 bits per heavy atom. The van der Waals surface area contributed by atoms with Crippen LogP contribution in [0.3, 0.4) is 0 Å². The summed E-state index contributed by atoms with van der Waals surface area (Å²) < 4.78 is 5.47. The van der Waals surface area contributed by atoms with Gasteiger partial charge in [-0.3, -0.25) is 4.90 Å². The van der Waals surface area contributed by atoms with Crippen LogP contribution in [0.15, 0.2) is 0 Å². The highest BCUT2D eigenvalue weighted by Crippen LogP contribution is 2.38. The average molecular weight is 254 g/mol. The number of rotatable bonds is 4. The normalized spacial score (nSPS) is 35.8. The quantitative estimate of drug-likeness (QED) is 0.837. The van der Waals surface area contributed by atoms with Gasteiger partial charge in [0.15, 0.2) is 0 Å². The molecule has 3 nitrogen and oxygen atoms in total. The first kappa shape index (κ1) is 14.3. The minimum Gasteiger partial charge on any atom is -0.381 e. The summed E-state index contributed by atoms with van der Waals surface area (Å²) >= 11 is 0. The molecule has 18 heavy (non-hydrogen) atoms. The first-order chi connectivity index (χ1) is 8.74. The molecule has 1 saturated heterocycles. The van der Waals surface area contributed by atoms with E-state index in [-0.39, 0.29) is 0 Å². The van der Waals surface area contributed by atoms with Crippen LogP contribution in [0.4, 0.5) is 0 Å². The standard InChI is InChI=1S/C15H30N2O/c1-3-13-4-8-15(12-16,9-5-13)17-10-6-14(18-2)7-11-17/h13-14H,3-12,16H2,1-2H3. The molecule has 0 atom stereocenters. The van der Waals surface area contributed by atoms with Gasteiger partial charge in [-0.05, 0) is 44.4 Å². The van der Waals surface area contributed by atoms with E-state index in [9.17, 15) is 0 Å². The number of methoxy groups -OCH3 is 1. The fraction of sp³-hybridized carbons (Fsp3) is 1.00. The maximum absolute atomic E-state index is 6.15. The van der Waals surface area contributed by atoms with Gasteiger partial charge in [0.1, 0.15) is 0 Å². The minimum absolute atomic E-state index is 0.310. The Kier molecular flexibility index (Phi) is 5.05. The molecule has 0 aromatic rings. The molecule has 106 valence electrons. The van der Waals surface area contributed by atoms with E-state index >= 15 is 0 Å². The Labute approximate surface area is 112 Å². The third-order valence-corrected chi connectivity index (χ3v) is 5.44. The molecule has 1 heterocycles. The van der Waals surface area contributed by atoms with Crippen LogP contribution in [-0.2, 0) is 4.74 Å². The number of hydrogen-bond donors (Lipinski definition) is 1. The van der Waals surface area contributed by atoms with Gasteiger partial charge in [-0.1, -0.05) is 13.3 Å². The van der Waals surface area contributed by atoms with Gasteiger partial charge in [-0.2, -0.15) is 0 Å². The van der Waals surface area contributed by atoms with E-state index in [1.54, 1.807) is 0 Å². The smallest absolute Gasteiger partial charge is 0.0595 e. The first-order valence-corrected chi connectivity index (χ1v) is 7.72. The molecular weight excluding hydrogens is 224 g/mol. The van der Waals surface area contributed by atoms with Gasteiger partial charge >= 0.3 is 0 Å². The highest BCUT2D eigenvalue weighted by Gasteiger charge is 2.40. The molecule has 1 aliphatic heterocycles. The zero-order chi connectivity index (χ0) is 13.0. The van der Waals surface area contributed by atoms with Crippen molar-refractivity contribution in [2.24, 2.45) is 11.7 Å². The van der Waals surface area contributed by atoms with Gasteiger partial charge < -0.3 is 10.5 Å². The lowest BCUT2D eigenvalue weighted by Crippen LogP contribution is -2.58. The molecule has 0 bridgehead atoms. The first-order valence-electron chi connectivity index (χ1n) is 7.72. The maximum atomic E-state index is 6.15. The summed E-state index contributed by atoms with van der Waals surface area (Å²) in [5, 5.41) is 0. The van der Waals surface area contributed by atoms with E-state index in [0.29, 0.717) is 11.6 Å². The molecule has 0 aromatic heterocycles. The van der Waals surface area contributed by atoms with E-state index in [2.05, 4.69) is 11.8 Å². The van der Waals surface area contributed by atoms with Crippen molar-refractivity contribution in [3.63, 3.8) is 0 Å². The Morgan fingerprint density at radius 2 is 1.78 bits per heavy atom. The molecule has 2 fully saturated rings. The number of ether oxygens (including phenoxy) is 1. The second-order valence-electron chi connectivity index (χ2n) is 6.20. The summed E-state index contributed by atoms with van der Waals surface area (Å²) in [6, 6.07) is 0. The van der Waals surface area contributed by atoms with Gasteiger partial charge in [0, 0.05) is 32.3 Å². The molecule has 0 aromatic carbocycles. The van der Waals surface area contributed by atoms with E-state index in [4.69, 9.17) is 10.5 Å². The van der Waals surface area contributed by atoms with Crippen molar-refractivity contribution in [2.75, 3.05) is 26.7 Å². The molecular formula is C15H30N2O. The van der Waals surface area contributed by atoms with Crippen LogP contribution in [0.1, 0.15) is 51.9 Å². The van der Waals surface area contributed by atoms with Crippen molar-refractivity contribution in [1.29, 1.82) is 0 Å². The summed E-state index contributed by atoms with van der Waals surface area (Å²) in [4.78, 5) is 2.68. The largest absolute Gasteiger partial charge is 0.381 e. The Morgan fingerprint density at radius 1 is 1.17 bits per heavy atom. The summed E-state index contributed by atoms with van der Waals surface area (Å²) in [6.07, 6.45) is 9.52. The van der Waals surface area contributed by atoms with Crippen LogP contribution in [0, 0.1) is 5.92 Å². The maximum Gasteiger partial charge on any atom is 0.0595 e. The predicted octanol–water partition coefficient (Wildman–Crippen LogP) is 2.39. The van der Waals surface area contributed by atoms with E-state index in [0.717, 1.165) is 12.5 Å². The van der Waals surface area contributed by atoms with E-state index in [1.807, 2.05) is 7.11 Å². The lowest BCUT2D eigenvalue weighted by atomic mass is 9.74. The van der Waals surface area contributed by atoms with Crippen LogP contribution < -0.4 is 5.73 Å². The van der Waals surface area contributed by atoms with E-state index in [1.165, 1.54) is 58.0 Å². The monoisotopic (exact) mass is 254 g/mol. The summed E-state index contributed by atoms with van der Waals surface area (Å²) in [6.45, 7) is 5.50. The third-order valence-electron chi connectivity index (χ3n) is 5.44. The zero-order valence-electron chi connectivity index (χ0n) is 12.2. The third kappa shape index (κ3) is 2.89. The average Bonchev–Trinajstić information content (AvgIpc) is 2.47. The van der Waals surface area contributed by atoms with Gasteiger partial charge in [-0.15, -0.1) is 0 Å². The molecule has 0 unspecified atom stereocenters. The molecule has 3 heteroatoms. The van der Waals surface area contributed by atoms with Crippen molar-refractivity contribution in [3.8, 4) is 0 Å². The molecule has 2 rings (SSSR count). The molecule has 1 saturated carbocycles. The summed E-state index contributed by atoms with van der Waals surface area (Å²) in [5.41, 5.74) is 6.46. The van der Waals surface area contributed by atoms with Crippen molar-refractivity contribution in [3.05, 3.63) is 0 Å². The lowest BCUT2D eigenvalue weighted by molar-refractivity contribution is -0.0215. The molecule has 0 radical (unpaired) electrons. The fourth-order valence-electron chi connectivity index (χ4n) is 3.84. The highest BCUT2D eigenvalue weighted by atomic mass is 16.5. The van der Waals surface area contributed by atoms with Crippen LogP contribution in [0.25, 0.3) is 0 Å². The van der Waals surface area contributed by atoms with Crippen molar-refractivity contribution in [2.45, 2.75) is 63.5 Å². The second-order valence-corrected chi connectivity index (χ2v) is 6.20. The van der Waals surface area contributed by atoms with Crippen LogP contribution in [0.5, 0.6) is 0 Å². The SMILES string of the molecule is CCC1CCC(CN)(N2CCC(OC)CC2)CC1. The Bertz CT molecular complexity index is 241. The van der Waals surface area contributed by atoms with Crippen LogP contribution in [0.2, 0.25) is 0 Å². The van der Waals surface area contributed by atoms with Gasteiger partial charge in [-0.25, -0.2) is 0 Å². The minimum atomic E-state index is 0.310. The van der Waals surface area contributed by atoms with Crippen molar-refractivity contribution in [1.82, 2.24) is 4.90 Å². The number of nitrogens with two attached hydrogens (primary N) is 1. The molecule has 0 spiro atoms. The number of hydrogen-bond acceptors (Lipinski definition) is 3. The topological polar surface area (TPSA) is 38.5 Å².